The van der Waals surface area contributed by atoms with Gasteiger partial charge in [0.15, 0.2) is 0 Å². The summed E-state index contributed by atoms with van der Waals surface area (Å²) >= 11 is 0. The quantitative estimate of drug-likeness (QED) is 0.230. The van der Waals surface area contributed by atoms with Crippen LogP contribution in [-0.2, 0) is 9.59 Å². The maximum Gasteiger partial charge on any atom is 0.222 e. The minimum atomic E-state index is 0.288. The maximum absolute atomic E-state index is 12.4. The summed E-state index contributed by atoms with van der Waals surface area (Å²) in [4.78, 5) is 28.8. The lowest BCUT2D eigenvalue weighted by Gasteiger charge is -2.35. The summed E-state index contributed by atoms with van der Waals surface area (Å²) in [6.07, 6.45) is 21.6. The van der Waals surface area contributed by atoms with Gasteiger partial charge < -0.3 is 9.80 Å². The molecule has 1 aliphatic rings. The number of hydrogen-bond acceptors (Lipinski definition) is 2. The number of carbonyl (C=O) groups is 2. The highest BCUT2D eigenvalue weighted by atomic mass is 16.2. The van der Waals surface area contributed by atoms with Gasteiger partial charge in [-0.05, 0) is 12.8 Å². The summed E-state index contributed by atoms with van der Waals surface area (Å²) in [5.41, 5.74) is 0. The topological polar surface area (TPSA) is 40.6 Å². The molecule has 0 aromatic carbocycles. The van der Waals surface area contributed by atoms with Crippen LogP contribution < -0.4 is 0 Å². The van der Waals surface area contributed by atoms with Crippen LogP contribution in [0.2, 0.25) is 0 Å². The van der Waals surface area contributed by atoms with E-state index in [1.807, 2.05) is 9.80 Å². The van der Waals surface area contributed by atoms with E-state index < -0.39 is 0 Å². The molecule has 0 radical (unpaired) electrons. The van der Waals surface area contributed by atoms with Gasteiger partial charge in [0, 0.05) is 39.0 Å². The summed E-state index contributed by atoms with van der Waals surface area (Å²) in [6.45, 7) is 7.38. The molecule has 176 valence electrons. The minimum Gasteiger partial charge on any atom is -0.339 e. The SMILES string of the molecule is CCCCCCCCCCC(=O)N1CCN(C(=O)CCCCCCCCCC)CC1. The van der Waals surface area contributed by atoms with E-state index in [0.717, 1.165) is 39.0 Å². The lowest BCUT2D eigenvalue weighted by Crippen LogP contribution is -2.50. The van der Waals surface area contributed by atoms with E-state index in [1.165, 1.54) is 89.9 Å². The first-order valence-corrected chi connectivity index (χ1v) is 13.2. The second-order valence-electron chi connectivity index (χ2n) is 9.21. The number of amides is 2. The van der Waals surface area contributed by atoms with Gasteiger partial charge in [0.1, 0.15) is 0 Å². The van der Waals surface area contributed by atoms with Crippen molar-refractivity contribution in [2.75, 3.05) is 26.2 Å². The van der Waals surface area contributed by atoms with E-state index >= 15 is 0 Å². The van der Waals surface area contributed by atoms with E-state index in [2.05, 4.69) is 13.8 Å². The molecule has 1 saturated heterocycles. The Morgan fingerprint density at radius 2 is 0.733 bits per heavy atom. The molecule has 0 N–H and O–H groups in total. The average molecular weight is 423 g/mol. The predicted molar refractivity (Wildman–Crippen MR) is 128 cm³/mol. The molecule has 0 atom stereocenters. The van der Waals surface area contributed by atoms with Crippen LogP contribution in [0.5, 0.6) is 0 Å². The molecule has 0 aliphatic carbocycles. The highest BCUT2D eigenvalue weighted by molar-refractivity contribution is 5.78. The molecule has 4 nitrogen and oxygen atoms in total. The molecule has 0 aromatic rings. The average Bonchev–Trinajstić information content (AvgIpc) is 2.77. The molecule has 0 spiro atoms. The lowest BCUT2D eigenvalue weighted by molar-refractivity contribution is -0.139. The molecular formula is C26H50N2O2. The zero-order valence-electron chi connectivity index (χ0n) is 20.3. The highest BCUT2D eigenvalue weighted by Gasteiger charge is 2.23. The Labute approximate surface area is 187 Å². The Hall–Kier alpha value is -1.06. The smallest absolute Gasteiger partial charge is 0.222 e. The van der Waals surface area contributed by atoms with Crippen molar-refractivity contribution >= 4 is 11.8 Å². The van der Waals surface area contributed by atoms with E-state index in [-0.39, 0.29) is 11.8 Å². The molecular weight excluding hydrogens is 372 g/mol. The van der Waals surface area contributed by atoms with Crippen molar-refractivity contribution in [3.63, 3.8) is 0 Å². The molecule has 0 bridgehead atoms. The highest BCUT2D eigenvalue weighted by Crippen LogP contribution is 2.13. The van der Waals surface area contributed by atoms with Gasteiger partial charge in [-0.3, -0.25) is 9.59 Å². The van der Waals surface area contributed by atoms with E-state index in [9.17, 15) is 9.59 Å². The molecule has 0 saturated carbocycles. The Bertz CT molecular complexity index is 391. The first kappa shape index (κ1) is 27.0. The summed E-state index contributed by atoms with van der Waals surface area (Å²) < 4.78 is 0. The van der Waals surface area contributed by atoms with Crippen LogP contribution in [0.15, 0.2) is 0 Å². The minimum absolute atomic E-state index is 0.288. The van der Waals surface area contributed by atoms with Gasteiger partial charge in [0.05, 0.1) is 0 Å². The van der Waals surface area contributed by atoms with Crippen molar-refractivity contribution < 1.29 is 9.59 Å². The third-order valence-corrected chi connectivity index (χ3v) is 6.47. The fourth-order valence-corrected chi connectivity index (χ4v) is 4.34. The van der Waals surface area contributed by atoms with Crippen molar-refractivity contribution in [3.8, 4) is 0 Å². The largest absolute Gasteiger partial charge is 0.339 e. The maximum atomic E-state index is 12.4. The fourth-order valence-electron chi connectivity index (χ4n) is 4.34. The van der Waals surface area contributed by atoms with Crippen LogP contribution in [0, 0.1) is 0 Å². The number of carbonyl (C=O) groups excluding carboxylic acids is 2. The Kier molecular flexibility index (Phi) is 16.8. The van der Waals surface area contributed by atoms with Gasteiger partial charge >= 0.3 is 0 Å². The van der Waals surface area contributed by atoms with Crippen LogP contribution in [0.1, 0.15) is 129 Å². The van der Waals surface area contributed by atoms with E-state index in [4.69, 9.17) is 0 Å². The third kappa shape index (κ3) is 13.3. The molecule has 4 heteroatoms. The first-order chi connectivity index (χ1) is 14.7. The zero-order valence-corrected chi connectivity index (χ0v) is 20.3. The fraction of sp³-hybridized carbons (Fsp3) is 0.923. The van der Waals surface area contributed by atoms with Gasteiger partial charge in [-0.1, -0.05) is 104 Å². The van der Waals surface area contributed by atoms with Crippen LogP contribution in [-0.4, -0.2) is 47.8 Å². The van der Waals surface area contributed by atoms with Crippen LogP contribution in [0.3, 0.4) is 0 Å². The van der Waals surface area contributed by atoms with Crippen molar-refractivity contribution in [1.82, 2.24) is 9.80 Å². The normalized spacial score (nSPS) is 14.3. The van der Waals surface area contributed by atoms with Crippen LogP contribution >= 0.6 is 0 Å². The van der Waals surface area contributed by atoms with Crippen molar-refractivity contribution in [2.45, 2.75) is 129 Å². The predicted octanol–water partition coefficient (Wildman–Crippen LogP) is 6.72. The molecule has 2 amide bonds. The lowest BCUT2D eigenvalue weighted by atomic mass is 10.1. The van der Waals surface area contributed by atoms with Gasteiger partial charge in [0.2, 0.25) is 11.8 Å². The van der Waals surface area contributed by atoms with E-state index in [1.54, 1.807) is 0 Å². The van der Waals surface area contributed by atoms with Crippen LogP contribution in [0.25, 0.3) is 0 Å². The molecule has 0 unspecified atom stereocenters. The summed E-state index contributed by atoms with van der Waals surface area (Å²) in [5.74, 6) is 0.576. The van der Waals surface area contributed by atoms with Crippen molar-refractivity contribution in [2.24, 2.45) is 0 Å². The number of rotatable bonds is 18. The molecule has 1 aliphatic heterocycles. The summed E-state index contributed by atoms with van der Waals surface area (Å²) in [5, 5.41) is 0. The Morgan fingerprint density at radius 1 is 0.467 bits per heavy atom. The van der Waals surface area contributed by atoms with Gasteiger partial charge in [0.25, 0.3) is 0 Å². The monoisotopic (exact) mass is 422 g/mol. The van der Waals surface area contributed by atoms with E-state index in [0.29, 0.717) is 12.8 Å². The zero-order chi connectivity index (χ0) is 21.9. The number of piperazine rings is 1. The molecule has 1 fully saturated rings. The second-order valence-corrected chi connectivity index (χ2v) is 9.21. The summed E-state index contributed by atoms with van der Waals surface area (Å²) in [6, 6.07) is 0. The second kappa shape index (κ2) is 18.7. The molecule has 0 aromatic heterocycles. The van der Waals surface area contributed by atoms with Crippen molar-refractivity contribution in [3.05, 3.63) is 0 Å². The Morgan fingerprint density at radius 3 is 1.03 bits per heavy atom. The third-order valence-electron chi connectivity index (χ3n) is 6.47. The molecule has 30 heavy (non-hydrogen) atoms. The first-order valence-electron chi connectivity index (χ1n) is 13.2. The van der Waals surface area contributed by atoms with Gasteiger partial charge in [-0.25, -0.2) is 0 Å². The molecule has 1 rings (SSSR count). The number of hydrogen-bond donors (Lipinski definition) is 0. The molecule has 1 heterocycles. The van der Waals surface area contributed by atoms with Crippen molar-refractivity contribution in [1.29, 1.82) is 0 Å². The Balaban J connectivity index is 2.00. The van der Waals surface area contributed by atoms with Gasteiger partial charge in [-0.15, -0.1) is 0 Å². The summed E-state index contributed by atoms with van der Waals surface area (Å²) in [7, 11) is 0. The number of unbranched alkanes of at least 4 members (excludes halogenated alkanes) is 14. The van der Waals surface area contributed by atoms with Gasteiger partial charge in [-0.2, -0.15) is 0 Å². The number of nitrogens with zero attached hydrogens (tertiary/aromatic N) is 2. The van der Waals surface area contributed by atoms with Crippen LogP contribution in [0.4, 0.5) is 0 Å². The standard InChI is InChI=1S/C26H50N2O2/c1-3-5-7-9-11-13-15-17-19-25(29)27-21-23-28(24-22-27)26(30)20-18-16-14-12-10-8-6-4-2/h3-24H2,1-2H3.